The minimum atomic E-state index is -0.980. The van der Waals surface area contributed by atoms with Crippen molar-refractivity contribution < 1.29 is 9.90 Å². The van der Waals surface area contributed by atoms with Gasteiger partial charge in [-0.3, -0.25) is 0 Å². The molecule has 0 aliphatic heterocycles. The van der Waals surface area contributed by atoms with E-state index in [0.29, 0.717) is 17.3 Å². The quantitative estimate of drug-likeness (QED) is 0.909. The Bertz CT molecular complexity index is 584. The molecule has 0 bridgehead atoms. The van der Waals surface area contributed by atoms with Gasteiger partial charge in [0.1, 0.15) is 0 Å². The van der Waals surface area contributed by atoms with Crippen LogP contribution < -0.4 is 4.90 Å². The van der Waals surface area contributed by atoms with Gasteiger partial charge in [0.2, 0.25) is 0 Å². The lowest BCUT2D eigenvalue weighted by atomic mass is 10.1. The maximum Gasteiger partial charge on any atom is 0.337 e. The molecule has 2 aromatic rings. The molecule has 0 unspecified atom stereocenters. The molecule has 0 spiro atoms. The highest BCUT2D eigenvalue weighted by Crippen LogP contribution is 2.34. The van der Waals surface area contributed by atoms with Crippen LogP contribution in [0.2, 0.25) is 5.02 Å². The first-order chi connectivity index (χ1) is 9.15. The van der Waals surface area contributed by atoms with Gasteiger partial charge in [0.25, 0.3) is 0 Å². The summed E-state index contributed by atoms with van der Waals surface area (Å²) in [5, 5.41) is 9.73. The van der Waals surface area contributed by atoms with Crippen molar-refractivity contribution in [2.75, 3.05) is 11.4 Å². The van der Waals surface area contributed by atoms with Crippen LogP contribution >= 0.6 is 11.6 Å². The third-order valence-electron chi connectivity index (χ3n) is 2.87. The molecule has 19 heavy (non-hydrogen) atoms. The number of anilines is 2. The van der Waals surface area contributed by atoms with Crippen molar-refractivity contribution in [3.05, 3.63) is 59.1 Å². The number of carboxylic acids is 1. The van der Waals surface area contributed by atoms with E-state index in [0.717, 1.165) is 5.69 Å². The molecule has 0 radical (unpaired) electrons. The predicted molar refractivity (Wildman–Crippen MR) is 77.5 cm³/mol. The summed E-state index contributed by atoms with van der Waals surface area (Å²) < 4.78 is 0. The monoisotopic (exact) mass is 275 g/mol. The summed E-state index contributed by atoms with van der Waals surface area (Å²) in [5.41, 5.74) is 1.66. The molecule has 0 atom stereocenters. The van der Waals surface area contributed by atoms with Crippen molar-refractivity contribution >= 4 is 28.9 Å². The molecule has 0 amide bonds. The molecule has 0 aromatic heterocycles. The number of hydrogen-bond acceptors (Lipinski definition) is 2. The zero-order valence-electron chi connectivity index (χ0n) is 10.5. The van der Waals surface area contributed by atoms with E-state index >= 15 is 0 Å². The highest BCUT2D eigenvalue weighted by atomic mass is 35.5. The zero-order chi connectivity index (χ0) is 13.8. The molecular weight excluding hydrogens is 262 g/mol. The lowest BCUT2D eigenvalue weighted by Gasteiger charge is -2.25. The third-order valence-corrected chi connectivity index (χ3v) is 3.18. The maximum atomic E-state index is 11.3. The molecule has 1 N–H and O–H groups in total. The van der Waals surface area contributed by atoms with E-state index < -0.39 is 5.97 Å². The van der Waals surface area contributed by atoms with Gasteiger partial charge >= 0.3 is 5.97 Å². The van der Waals surface area contributed by atoms with E-state index in [9.17, 15) is 9.90 Å². The average molecular weight is 276 g/mol. The van der Waals surface area contributed by atoms with Crippen LogP contribution in [-0.4, -0.2) is 17.6 Å². The molecule has 3 nitrogen and oxygen atoms in total. The fraction of sp³-hybridized carbons (Fsp3) is 0.133. The van der Waals surface area contributed by atoms with Gasteiger partial charge in [-0.05, 0) is 31.2 Å². The van der Waals surface area contributed by atoms with Gasteiger partial charge in [-0.25, -0.2) is 4.79 Å². The van der Waals surface area contributed by atoms with E-state index in [2.05, 4.69) is 0 Å². The number of carboxylic acid groups (broad SMARTS) is 1. The Morgan fingerprint density at radius 3 is 2.42 bits per heavy atom. The number of rotatable bonds is 4. The van der Waals surface area contributed by atoms with Crippen LogP contribution in [0.5, 0.6) is 0 Å². The Labute approximate surface area is 117 Å². The first-order valence-electron chi connectivity index (χ1n) is 5.99. The summed E-state index contributed by atoms with van der Waals surface area (Å²) >= 11 is 6.19. The zero-order valence-corrected chi connectivity index (χ0v) is 11.3. The number of halogens is 1. The highest BCUT2D eigenvalue weighted by molar-refractivity contribution is 6.34. The largest absolute Gasteiger partial charge is 0.478 e. The molecule has 0 saturated carbocycles. The van der Waals surface area contributed by atoms with Gasteiger partial charge in [0.15, 0.2) is 0 Å². The fourth-order valence-electron chi connectivity index (χ4n) is 2.04. The Balaban J connectivity index is 2.59. The lowest BCUT2D eigenvalue weighted by Crippen LogP contribution is -2.19. The van der Waals surface area contributed by atoms with Crippen LogP contribution in [0.3, 0.4) is 0 Å². The number of para-hydroxylation sites is 2. The van der Waals surface area contributed by atoms with Gasteiger partial charge in [0, 0.05) is 12.2 Å². The number of carbonyl (C=O) groups is 1. The minimum Gasteiger partial charge on any atom is -0.478 e. The van der Waals surface area contributed by atoms with Gasteiger partial charge in [0.05, 0.1) is 16.3 Å². The molecule has 0 aliphatic rings. The summed E-state index contributed by atoms with van der Waals surface area (Å²) in [6, 6.07) is 14.5. The Kier molecular flexibility index (Phi) is 4.07. The standard InChI is InChI=1S/C15H14ClNO2/c1-2-17(11-7-4-3-5-8-11)14-12(15(18)19)9-6-10-13(14)16/h3-10H,2H2,1H3,(H,18,19). The molecule has 0 saturated heterocycles. The van der Waals surface area contributed by atoms with Crippen molar-refractivity contribution in [2.45, 2.75) is 6.92 Å². The number of hydrogen-bond donors (Lipinski definition) is 1. The van der Waals surface area contributed by atoms with E-state index in [1.54, 1.807) is 18.2 Å². The number of benzene rings is 2. The summed E-state index contributed by atoms with van der Waals surface area (Å²) in [4.78, 5) is 13.2. The molecule has 0 fully saturated rings. The van der Waals surface area contributed by atoms with Gasteiger partial charge < -0.3 is 10.0 Å². The topological polar surface area (TPSA) is 40.5 Å². The van der Waals surface area contributed by atoms with Crippen molar-refractivity contribution in [2.24, 2.45) is 0 Å². The smallest absolute Gasteiger partial charge is 0.337 e. The van der Waals surface area contributed by atoms with Crippen LogP contribution in [0, 0.1) is 0 Å². The average Bonchev–Trinajstić information content (AvgIpc) is 2.42. The molecule has 2 rings (SSSR count). The van der Waals surface area contributed by atoms with E-state index in [-0.39, 0.29) is 5.56 Å². The Morgan fingerprint density at radius 2 is 1.84 bits per heavy atom. The first-order valence-corrected chi connectivity index (χ1v) is 6.37. The summed E-state index contributed by atoms with van der Waals surface area (Å²) in [5.74, 6) is -0.980. The van der Waals surface area contributed by atoms with Crippen LogP contribution in [0.25, 0.3) is 0 Å². The molecular formula is C15H14ClNO2. The molecule has 0 heterocycles. The van der Waals surface area contributed by atoms with Crippen molar-refractivity contribution in [3.63, 3.8) is 0 Å². The molecule has 2 aromatic carbocycles. The van der Waals surface area contributed by atoms with E-state index in [4.69, 9.17) is 11.6 Å². The summed E-state index contributed by atoms with van der Waals surface area (Å²) in [7, 11) is 0. The molecule has 4 heteroatoms. The van der Waals surface area contributed by atoms with Crippen molar-refractivity contribution in [3.8, 4) is 0 Å². The number of nitrogens with zero attached hydrogens (tertiary/aromatic N) is 1. The Morgan fingerprint density at radius 1 is 1.16 bits per heavy atom. The Hall–Kier alpha value is -2.00. The van der Waals surface area contributed by atoms with Crippen LogP contribution in [0.15, 0.2) is 48.5 Å². The van der Waals surface area contributed by atoms with Gasteiger partial charge in [-0.15, -0.1) is 0 Å². The van der Waals surface area contributed by atoms with Crippen LogP contribution in [-0.2, 0) is 0 Å². The lowest BCUT2D eigenvalue weighted by molar-refractivity contribution is 0.0697. The fourth-order valence-corrected chi connectivity index (χ4v) is 2.32. The van der Waals surface area contributed by atoms with Crippen molar-refractivity contribution in [1.29, 1.82) is 0 Å². The SMILES string of the molecule is CCN(c1ccccc1)c1c(Cl)cccc1C(=O)O. The second-order valence-corrected chi connectivity index (χ2v) is 4.43. The van der Waals surface area contributed by atoms with E-state index in [1.165, 1.54) is 0 Å². The second-order valence-electron chi connectivity index (χ2n) is 4.02. The third kappa shape index (κ3) is 2.71. The summed E-state index contributed by atoms with van der Waals surface area (Å²) in [6.45, 7) is 2.59. The maximum absolute atomic E-state index is 11.3. The highest BCUT2D eigenvalue weighted by Gasteiger charge is 2.19. The molecule has 0 aliphatic carbocycles. The van der Waals surface area contributed by atoms with Crippen LogP contribution in [0.1, 0.15) is 17.3 Å². The van der Waals surface area contributed by atoms with Crippen LogP contribution in [0.4, 0.5) is 11.4 Å². The minimum absolute atomic E-state index is 0.207. The van der Waals surface area contributed by atoms with E-state index in [1.807, 2.05) is 42.2 Å². The van der Waals surface area contributed by atoms with Crippen molar-refractivity contribution in [1.82, 2.24) is 0 Å². The van der Waals surface area contributed by atoms with Gasteiger partial charge in [-0.2, -0.15) is 0 Å². The second kappa shape index (κ2) is 5.76. The number of aromatic carboxylic acids is 1. The normalized spacial score (nSPS) is 10.2. The first kappa shape index (κ1) is 13.4. The molecule has 98 valence electrons. The van der Waals surface area contributed by atoms with Gasteiger partial charge in [-0.1, -0.05) is 35.9 Å². The predicted octanol–water partition coefficient (Wildman–Crippen LogP) is 4.20. The summed E-state index contributed by atoms with van der Waals surface area (Å²) in [6.07, 6.45) is 0.